The SMILES string of the molecule is O=C(NCc1ccc(N2CCSCC2)cc1)c1cc(Br)ccc1Cl. The summed E-state index contributed by atoms with van der Waals surface area (Å²) in [5, 5.41) is 3.37. The molecule has 1 aliphatic rings. The largest absolute Gasteiger partial charge is 0.370 e. The van der Waals surface area contributed by atoms with E-state index in [0.29, 0.717) is 17.1 Å². The maximum Gasteiger partial charge on any atom is 0.253 e. The van der Waals surface area contributed by atoms with E-state index < -0.39 is 0 Å². The Hall–Kier alpha value is -1.17. The predicted octanol–water partition coefficient (Wildman–Crippen LogP) is 4.59. The molecule has 2 aromatic carbocycles. The van der Waals surface area contributed by atoms with Gasteiger partial charge >= 0.3 is 0 Å². The number of carbonyl (C=O) groups excluding carboxylic acids is 1. The van der Waals surface area contributed by atoms with Gasteiger partial charge in [-0.25, -0.2) is 0 Å². The van der Waals surface area contributed by atoms with Gasteiger partial charge in [0.1, 0.15) is 0 Å². The number of hydrogen-bond acceptors (Lipinski definition) is 3. The maximum absolute atomic E-state index is 12.3. The van der Waals surface area contributed by atoms with Crippen molar-refractivity contribution in [2.24, 2.45) is 0 Å². The third-order valence-electron chi connectivity index (χ3n) is 3.94. The van der Waals surface area contributed by atoms with Crippen molar-refractivity contribution < 1.29 is 4.79 Å². The number of thioether (sulfide) groups is 1. The lowest BCUT2D eigenvalue weighted by atomic mass is 10.1. The molecule has 0 radical (unpaired) electrons. The summed E-state index contributed by atoms with van der Waals surface area (Å²) in [5.41, 5.74) is 2.80. The summed E-state index contributed by atoms with van der Waals surface area (Å²) in [7, 11) is 0. The highest BCUT2D eigenvalue weighted by Crippen LogP contribution is 2.22. The average molecular weight is 426 g/mol. The molecule has 2 aromatic rings. The van der Waals surface area contributed by atoms with Crippen LogP contribution in [0.3, 0.4) is 0 Å². The molecule has 0 atom stereocenters. The Labute approximate surface area is 159 Å². The summed E-state index contributed by atoms with van der Waals surface area (Å²) in [6, 6.07) is 13.7. The normalized spacial score (nSPS) is 14.5. The predicted molar refractivity (Wildman–Crippen MR) is 106 cm³/mol. The van der Waals surface area contributed by atoms with Crippen LogP contribution in [0.1, 0.15) is 15.9 Å². The van der Waals surface area contributed by atoms with Crippen LogP contribution in [0.25, 0.3) is 0 Å². The summed E-state index contributed by atoms with van der Waals surface area (Å²) in [5.74, 6) is 2.20. The number of halogens is 2. The van der Waals surface area contributed by atoms with Crippen LogP contribution < -0.4 is 10.2 Å². The van der Waals surface area contributed by atoms with Crippen LogP contribution in [0.15, 0.2) is 46.9 Å². The quantitative estimate of drug-likeness (QED) is 0.778. The van der Waals surface area contributed by atoms with Gasteiger partial charge in [0, 0.05) is 41.3 Å². The van der Waals surface area contributed by atoms with E-state index in [-0.39, 0.29) is 5.91 Å². The van der Waals surface area contributed by atoms with E-state index in [9.17, 15) is 4.79 Å². The summed E-state index contributed by atoms with van der Waals surface area (Å²) in [6.45, 7) is 2.68. The monoisotopic (exact) mass is 424 g/mol. The van der Waals surface area contributed by atoms with E-state index in [4.69, 9.17) is 11.6 Å². The molecule has 0 aromatic heterocycles. The van der Waals surface area contributed by atoms with Crippen LogP contribution in [-0.4, -0.2) is 30.5 Å². The van der Waals surface area contributed by atoms with E-state index in [1.165, 1.54) is 17.2 Å². The Morgan fingerprint density at radius 2 is 1.88 bits per heavy atom. The van der Waals surface area contributed by atoms with Crippen molar-refractivity contribution in [1.29, 1.82) is 0 Å². The molecule has 1 heterocycles. The lowest BCUT2D eigenvalue weighted by Crippen LogP contribution is -2.32. The van der Waals surface area contributed by atoms with Gasteiger partial charge in [0.05, 0.1) is 10.6 Å². The number of nitrogens with one attached hydrogen (secondary N) is 1. The number of hydrogen-bond donors (Lipinski definition) is 1. The minimum Gasteiger partial charge on any atom is -0.370 e. The van der Waals surface area contributed by atoms with Gasteiger partial charge in [-0.3, -0.25) is 4.79 Å². The number of nitrogens with zero attached hydrogens (tertiary/aromatic N) is 1. The van der Waals surface area contributed by atoms with Crippen molar-refractivity contribution in [2.75, 3.05) is 29.5 Å². The highest BCUT2D eigenvalue weighted by Gasteiger charge is 2.12. The third kappa shape index (κ3) is 4.47. The van der Waals surface area contributed by atoms with Gasteiger partial charge in [-0.15, -0.1) is 0 Å². The molecular formula is C18H18BrClN2OS. The fraction of sp³-hybridized carbons (Fsp3) is 0.278. The standard InChI is InChI=1S/C18H18BrClN2OS/c19-14-3-6-17(20)16(11-14)18(23)21-12-13-1-4-15(5-2-13)22-7-9-24-10-8-22/h1-6,11H,7-10,12H2,(H,21,23). The van der Waals surface area contributed by atoms with Crippen molar-refractivity contribution in [3.63, 3.8) is 0 Å². The Balaban J connectivity index is 1.60. The van der Waals surface area contributed by atoms with Crippen LogP contribution >= 0.6 is 39.3 Å². The van der Waals surface area contributed by atoms with Crippen LogP contribution in [0.5, 0.6) is 0 Å². The molecule has 1 saturated heterocycles. The first-order valence-corrected chi connectivity index (χ1v) is 10.1. The molecule has 1 amide bonds. The lowest BCUT2D eigenvalue weighted by Gasteiger charge is -2.28. The molecule has 0 spiro atoms. The van der Waals surface area contributed by atoms with Gasteiger partial charge in [0.15, 0.2) is 0 Å². The number of anilines is 1. The lowest BCUT2D eigenvalue weighted by molar-refractivity contribution is 0.0951. The van der Waals surface area contributed by atoms with Crippen LogP contribution in [0, 0.1) is 0 Å². The summed E-state index contributed by atoms with van der Waals surface area (Å²) in [4.78, 5) is 14.7. The van der Waals surface area contributed by atoms with E-state index in [0.717, 1.165) is 23.1 Å². The Morgan fingerprint density at radius 3 is 2.58 bits per heavy atom. The molecule has 3 rings (SSSR count). The van der Waals surface area contributed by atoms with E-state index >= 15 is 0 Å². The van der Waals surface area contributed by atoms with Gasteiger partial charge in [0.2, 0.25) is 0 Å². The second kappa shape index (κ2) is 8.28. The van der Waals surface area contributed by atoms with Crippen molar-refractivity contribution >= 4 is 50.9 Å². The van der Waals surface area contributed by atoms with E-state index in [1.54, 1.807) is 12.1 Å². The average Bonchev–Trinajstić information content (AvgIpc) is 2.63. The van der Waals surface area contributed by atoms with Gasteiger partial charge < -0.3 is 10.2 Å². The molecule has 1 aliphatic heterocycles. The summed E-state index contributed by atoms with van der Waals surface area (Å²) >= 11 is 11.5. The third-order valence-corrected chi connectivity index (χ3v) is 5.70. The van der Waals surface area contributed by atoms with Gasteiger partial charge in [0.25, 0.3) is 5.91 Å². The number of benzene rings is 2. The number of carbonyl (C=O) groups is 1. The molecule has 6 heteroatoms. The molecule has 1 fully saturated rings. The zero-order chi connectivity index (χ0) is 16.9. The maximum atomic E-state index is 12.3. The Bertz CT molecular complexity index is 717. The molecule has 126 valence electrons. The first-order valence-electron chi connectivity index (χ1n) is 7.78. The summed E-state index contributed by atoms with van der Waals surface area (Å²) in [6.07, 6.45) is 0. The van der Waals surface area contributed by atoms with Crippen LogP contribution in [0.4, 0.5) is 5.69 Å². The second-order valence-corrected chi connectivity index (χ2v) is 8.12. The zero-order valence-electron chi connectivity index (χ0n) is 13.1. The van der Waals surface area contributed by atoms with Crippen LogP contribution in [-0.2, 0) is 6.54 Å². The molecule has 0 aliphatic carbocycles. The topological polar surface area (TPSA) is 32.3 Å². The fourth-order valence-corrected chi connectivity index (χ4v) is 4.06. The second-order valence-electron chi connectivity index (χ2n) is 5.57. The van der Waals surface area contributed by atoms with Crippen molar-refractivity contribution in [3.05, 3.63) is 63.1 Å². The molecule has 3 nitrogen and oxygen atoms in total. The van der Waals surface area contributed by atoms with Crippen molar-refractivity contribution in [3.8, 4) is 0 Å². The Kier molecular flexibility index (Phi) is 6.09. The smallest absolute Gasteiger partial charge is 0.253 e. The first-order chi connectivity index (χ1) is 11.6. The highest BCUT2D eigenvalue weighted by molar-refractivity contribution is 9.10. The minimum absolute atomic E-state index is 0.168. The van der Waals surface area contributed by atoms with E-state index in [2.05, 4.69) is 50.4 Å². The molecule has 0 unspecified atom stereocenters. The van der Waals surface area contributed by atoms with Crippen molar-refractivity contribution in [2.45, 2.75) is 6.54 Å². The van der Waals surface area contributed by atoms with Gasteiger partial charge in [-0.05, 0) is 35.9 Å². The molecule has 24 heavy (non-hydrogen) atoms. The number of amides is 1. The van der Waals surface area contributed by atoms with Crippen LogP contribution in [0.2, 0.25) is 5.02 Å². The first kappa shape index (κ1) is 17.6. The van der Waals surface area contributed by atoms with Gasteiger partial charge in [-0.1, -0.05) is 39.7 Å². The minimum atomic E-state index is -0.168. The molecule has 1 N–H and O–H groups in total. The van der Waals surface area contributed by atoms with Gasteiger partial charge in [-0.2, -0.15) is 11.8 Å². The Morgan fingerprint density at radius 1 is 1.17 bits per heavy atom. The highest BCUT2D eigenvalue weighted by atomic mass is 79.9. The van der Waals surface area contributed by atoms with Crippen molar-refractivity contribution in [1.82, 2.24) is 5.32 Å². The number of rotatable bonds is 4. The van der Waals surface area contributed by atoms with E-state index in [1.807, 2.05) is 17.8 Å². The molecule has 0 saturated carbocycles. The fourth-order valence-electron chi connectivity index (χ4n) is 2.60. The molecular weight excluding hydrogens is 408 g/mol. The summed E-state index contributed by atoms with van der Waals surface area (Å²) < 4.78 is 0.834. The molecule has 0 bridgehead atoms. The zero-order valence-corrected chi connectivity index (χ0v) is 16.3.